The van der Waals surface area contributed by atoms with E-state index in [1.54, 1.807) is 19.2 Å². The van der Waals surface area contributed by atoms with Crippen molar-refractivity contribution in [3.63, 3.8) is 0 Å². The first kappa shape index (κ1) is 16.9. The van der Waals surface area contributed by atoms with Gasteiger partial charge in [-0.05, 0) is 37.2 Å². The second-order valence-electron chi connectivity index (χ2n) is 6.58. The molecule has 1 rings (SSSR count). The van der Waals surface area contributed by atoms with Crippen LogP contribution in [-0.4, -0.2) is 27.3 Å². The molecule has 1 atom stereocenters. The number of methoxy groups -OCH3 is 1. The van der Waals surface area contributed by atoms with Crippen molar-refractivity contribution in [2.45, 2.75) is 51.9 Å². The summed E-state index contributed by atoms with van der Waals surface area (Å²) in [7, 11) is -0.378. The predicted octanol–water partition coefficient (Wildman–Crippen LogP) is 4.29. The minimum atomic E-state index is -1.95. The first-order valence-corrected chi connectivity index (χ1v) is 9.86. The zero-order valence-electron chi connectivity index (χ0n) is 13.6. The second kappa shape index (κ2) is 6.10. The Morgan fingerprint density at radius 1 is 1.20 bits per heavy atom. The number of carbonyl (C=O) groups is 1. The predicted molar refractivity (Wildman–Crippen MR) is 85.1 cm³/mol. The lowest BCUT2D eigenvalue weighted by Gasteiger charge is -2.38. The fourth-order valence-electron chi connectivity index (χ4n) is 1.74. The highest BCUT2D eigenvalue weighted by Gasteiger charge is 2.39. The lowest BCUT2D eigenvalue weighted by Crippen LogP contribution is -2.45. The van der Waals surface area contributed by atoms with Crippen LogP contribution >= 0.6 is 0 Å². The molecular weight excluding hydrogens is 268 g/mol. The average Bonchev–Trinajstić information content (AvgIpc) is 2.35. The highest BCUT2D eigenvalue weighted by atomic mass is 28.4. The van der Waals surface area contributed by atoms with Gasteiger partial charge in [-0.25, -0.2) is 0 Å². The lowest BCUT2D eigenvalue weighted by atomic mass is 10.1. The number of hydrogen-bond donors (Lipinski definition) is 0. The molecule has 112 valence electrons. The van der Waals surface area contributed by atoms with Crippen molar-refractivity contribution < 1.29 is 14.0 Å². The van der Waals surface area contributed by atoms with Crippen LogP contribution < -0.4 is 4.74 Å². The Morgan fingerprint density at radius 3 is 2.25 bits per heavy atom. The number of carbonyl (C=O) groups excluding carboxylic acids is 1. The number of ether oxygens (including phenoxy) is 1. The van der Waals surface area contributed by atoms with Crippen LogP contribution in [0, 0.1) is 0 Å². The number of para-hydroxylation sites is 1. The molecule has 0 heterocycles. The van der Waals surface area contributed by atoms with Crippen LogP contribution in [0.15, 0.2) is 24.3 Å². The fraction of sp³-hybridized carbons (Fsp3) is 0.562. The summed E-state index contributed by atoms with van der Waals surface area (Å²) in [6.07, 6.45) is -0.452. The molecule has 4 heteroatoms. The van der Waals surface area contributed by atoms with Crippen molar-refractivity contribution in [3.05, 3.63) is 29.8 Å². The molecule has 0 fully saturated rings. The minimum Gasteiger partial charge on any atom is -0.496 e. The molecular formula is C16H26O3Si. The van der Waals surface area contributed by atoms with Gasteiger partial charge in [-0.3, -0.25) is 4.79 Å². The van der Waals surface area contributed by atoms with Crippen molar-refractivity contribution in [3.8, 4) is 5.75 Å². The number of Topliss-reactive ketones (excluding diaryl/α,β-unsaturated/α-hetero) is 1. The molecule has 0 bridgehead atoms. The van der Waals surface area contributed by atoms with Crippen molar-refractivity contribution in [1.29, 1.82) is 0 Å². The molecule has 0 aromatic heterocycles. The van der Waals surface area contributed by atoms with Gasteiger partial charge in [0.15, 0.2) is 14.1 Å². The molecule has 0 radical (unpaired) electrons. The molecule has 3 nitrogen and oxygen atoms in total. The summed E-state index contributed by atoms with van der Waals surface area (Å²) >= 11 is 0. The Labute approximate surface area is 123 Å². The zero-order valence-corrected chi connectivity index (χ0v) is 14.6. The number of benzene rings is 1. The van der Waals surface area contributed by atoms with Crippen LogP contribution in [-0.2, 0) is 4.43 Å². The summed E-state index contributed by atoms with van der Waals surface area (Å²) in [5.74, 6) is 0.579. The van der Waals surface area contributed by atoms with Gasteiger partial charge < -0.3 is 9.16 Å². The molecule has 0 amide bonds. The molecule has 1 aromatic rings. The normalized spacial score (nSPS) is 13.9. The van der Waals surface area contributed by atoms with Crippen LogP contribution in [0.1, 0.15) is 38.1 Å². The molecule has 0 unspecified atom stereocenters. The summed E-state index contributed by atoms with van der Waals surface area (Å²) < 4.78 is 11.4. The molecule has 0 aliphatic carbocycles. The third-order valence-electron chi connectivity index (χ3n) is 4.02. The Bertz CT molecular complexity index is 475. The van der Waals surface area contributed by atoms with E-state index in [1.165, 1.54) is 0 Å². The first-order valence-electron chi connectivity index (χ1n) is 6.95. The van der Waals surface area contributed by atoms with Gasteiger partial charge in [0.2, 0.25) is 0 Å². The summed E-state index contributed by atoms with van der Waals surface area (Å²) in [6.45, 7) is 12.6. The van der Waals surface area contributed by atoms with Crippen LogP contribution in [0.5, 0.6) is 5.75 Å². The van der Waals surface area contributed by atoms with E-state index in [-0.39, 0.29) is 10.8 Å². The molecule has 0 aliphatic rings. The van der Waals surface area contributed by atoms with Gasteiger partial charge in [0.1, 0.15) is 11.9 Å². The highest BCUT2D eigenvalue weighted by molar-refractivity contribution is 6.74. The molecule has 20 heavy (non-hydrogen) atoms. The fourth-order valence-corrected chi connectivity index (χ4v) is 3.08. The maximum absolute atomic E-state index is 12.5. The van der Waals surface area contributed by atoms with E-state index in [1.807, 2.05) is 19.1 Å². The van der Waals surface area contributed by atoms with Crippen molar-refractivity contribution in [2.24, 2.45) is 0 Å². The third kappa shape index (κ3) is 3.70. The Kier molecular flexibility index (Phi) is 5.16. The van der Waals surface area contributed by atoms with Gasteiger partial charge in [0.05, 0.1) is 12.7 Å². The van der Waals surface area contributed by atoms with E-state index in [0.29, 0.717) is 11.3 Å². The molecule has 0 saturated carbocycles. The van der Waals surface area contributed by atoms with Gasteiger partial charge in [-0.2, -0.15) is 0 Å². The van der Waals surface area contributed by atoms with Crippen molar-refractivity contribution >= 4 is 14.1 Å². The average molecular weight is 294 g/mol. The van der Waals surface area contributed by atoms with Gasteiger partial charge >= 0.3 is 0 Å². The lowest BCUT2D eigenvalue weighted by molar-refractivity contribution is 0.0793. The molecule has 0 spiro atoms. The van der Waals surface area contributed by atoms with E-state index >= 15 is 0 Å². The van der Waals surface area contributed by atoms with Gasteiger partial charge in [0, 0.05) is 0 Å². The first-order chi connectivity index (χ1) is 9.10. The summed E-state index contributed by atoms with van der Waals surface area (Å²) in [5.41, 5.74) is 0.584. The van der Waals surface area contributed by atoms with Crippen LogP contribution in [0.4, 0.5) is 0 Å². The summed E-state index contributed by atoms with van der Waals surface area (Å²) in [4.78, 5) is 12.5. The van der Waals surface area contributed by atoms with Crippen molar-refractivity contribution in [1.82, 2.24) is 0 Å². The number of rotatable bonds is 5. The zero-order chi connectivity index (χ0) is 15.6. The van der Waals surface area contributed by atoms with E-state index in [9.17, 15) is 4.79 Å². The van der Waals surface area contributed by atoms with E-state index < -0.39 is 14.4 Å². The summed E-state index contributed by atoms with van der Waals surface area (Å²) in [6, 6.07) is 7.28. The number of ketones is 1. The minimum absolute atomic E-state index is 0.0210. The molecule has 0 aliphatic heterocycles. The van der Waals surface area contributed by atoms with E-state index in [2.05, 4.69) is 33.9 Å². The maximum Gasteiger partial charge on any atom is 0.193 e. The van der Waals surface area contributed by atoms with Crippen molar-refractivity contribution in [2.75, 3.05) is 7.11 Å². The quantitative estimate of drug-likeness (QED) is 0.600. The van der Waals surface area contributed by atoms with Gasteiger partial charge in [-0.15, -0.1) is 0 Å². The Balaban J connectivity index is 2.93. The Morgan fingerprint density at radius 2 is 1.75 bits per heavy atom. The van der Waals surface area contributed by atoms with E-state index in [4.69, 9.17) is 9.16 Å². The molecule has 0 saturated heterocycles. The second-order valence-corrected chi connectivity index (χ2v) is 11.3. The molecule has 0 N–H and O–H groups in total. The third-order valence-corrected chi connectivity index (χ3v) is 8.57. The highest BCUT2D eigenvalue weighted by Crippen LogP contribution is 2.37. The monoisotopic (exact) mass is 294 g/mol. The largest absolute Gasteiger partial charge is 0.496 e. The smallest absolute Gasteiger partial charge is 0.193 e. The SMILES string of the molecule is COc1ccccc1C(=O)[C@H](C)O[Si](C)(C)C(C)(C)C. The summed E-state index contributed by atoms with van der Waals surface area (Å²) in [5, 5.41) is 0.0856. The van der Waals surface area contributed by atoms with Crippen LogP contribution in [0.2, 0.25) is 18.1 Å². The number of hydrogen-bond acceptors (Lipinski definition) is 3. The topological polar surface area (TPSA) is 35.5 Å². The molecule has 1 aromatic carbocycles. The Hall–Kier alpha value is -1.13. The van der Waals surface area contributed by atoms with Gasteiger partial charge in [0.25, 0.3) is 0 Å². The standard InChI is InChI=1S/C16H26O3Si/c1-12(19-20(6,7)16(2,3)4)15(17)13-10-8-9-11-14(13)18-5/h8-12H,1-7H3/t12-/m0/s1. The van der Waals surface area contributed by atoms with E-state index in [0.717, 1.165) is 0 Å². The van der Waals surface area contributed by atoms with Crippen LogP contribution in [0.25, 0.3) is 0 Å². The maximum atomic E-state index is 12.5. The van der Waals surface area contributed by atoms with Crippen LogP contribution in [0.3, 0.4) is 0 Å². The van der Waals surface area contributed by atoms with Gasteiger partial charge in [-0.1, -0.05) is 32.9 Å².